The number of ether oxygens (including phenoxy) is 1. The molecule has 1 aromatic rings. The van der Waals surface area contributed by atoms with Gasteiger partial charge in [0.2, 0.25) is 0 Å². The van der Waals surface area contributed by atoms with E-state index in [4.69, 9.17) is 14.9 Å². The fourth-order valence-electron chi connectivity index (χ4n) is 2.71. The molecule has 7 heteroatoms. The van der Waals surface area contributed by atoms with Crippen molar-refractivity contribution in [3.8, 4) is 5.75 Å². The summed E-state index contributed by atoms with van der Waals surface area (Å²) in [6.07, 6.45) is -0.545. The molecule has 136 valence electrons. The van der Waals surface area contributed by atoms with Crippen LogP contribution in [0.1, 0.15) is 43.5 Å². The van der Waals surface area contributed by atoms with Crippen LogP contribution in [-0.2, 0) is 9.59 Å². The molecule has 0 radical (unpaired) electrons. The maximum Gasteiger partial charge on any atom is 0.303 e. The molecule has 1 aliphatic rings. The number of aliphatic carboxylic acids is 1. The molecule has 1 atom stereocenters. The molecule has 25 heavy (non-hydrogen) atoms. The second-order valence-electron chi connectivity index (χ2n) is 6.35. The van der Waals surface area contributed by atoms with E-state index in [1.807, 2.05) is 13.8 Å². The van der Waals surface area contributed by atoms with Crippen LogP contribution in [0.5, 0.6) is 5.75 Å². The Balaban J connectivity index is 2.33. The summed E-state index contributed by atoms with van der Waals surface area (Å²) in [5.74, 6) is -1.05. The number of carboxylic acid groups (broad SMARTS) is 1. The summed E-state index contributed by atoms with van der Waals surface area (Å²) in [5, 5.41) is 17.8. The first kappa shape index (κ1) is 18.9. The quantitative estimate of drug-likeness (QED) is 0.694. The summed E-state index contributed by atoms with van der Waals surface area (Å²) < 4.78 is 5.79. The zero-order valence-corrected chi connectivity index (χ0v) is 14.4. The van der Waals surface area contributed by atoms with E-state index in [1.54, 1.807) is 18.2 Å². The number of benzene rings is 1. The van der Waals surface area contributed by atoms with E-state index in [0.29, 0.717) is 30.0 Å². The third kappa shape index (κ3) is 4.36. The molecule has 0 aromatic heterocycles. The molecule has 1 unspecified atom stereocenters. The fraction of sp³-hybridized carbons (Fsp3) is 0.500. The molecule has 2 rings (SSSR count). The number of Topliss-reactive ketones (excluding diaryl/α,β-unsaturated/α-hetero) is 1. The second kappa shape index (κ2) is 8.11. The molecule has 0 fully saturated rings. The number of fused-ring (bicyclic) bond motifs is 1. The Hall–Kier alpha value is -2.41. The molecule has 0 spiro atoms. The Labute approximate surface area is 146 Å². The average molecular weight is 349 g/mol. The van der Waals surface area contributed by atoms with E-state index >= 15 is 0 Å². The minimum Gasteiger partial charge on any atom is -0.481 e. The van der Waals surface area contributed by atoms with Crippen molar-refractivity contribution in [2.24, 2.45) is 5.92 Å². The monoisotopic (exact) mass is 349 g/mol. The number of carboxylic acids is 1. The molecule has 1 amide bonds. The lowest BCUT2D eigenvalue weighted by molar-refractivity contribution is -0.137. The smallest absolute Gasteiger partial charge is 0.303 e. The number of anilines is 1. The molecule has 1 heterocycles. The zero-order valence-electron chi connectivity index (χ0n) is 14.4. The van der Waals surface area contributed by atoms with Gasteiger partial charge in [0.05, 0.1) is 12.1 Å². The van der Waals surface area contributed by atoms with Gasteiger partial charge in [0.1, 0.15) is 5.75 Å². The Bertz CT molecular complexity index is 670. The van der Waals surface area contributed by atoms with Crippen molar-refractivity contribution < 1.29 is 29.3 Å². The highest BCUT2D eigenvalue weighted by Gasteiger charge is 2.36. The lowest BCUT2D eigenvalue weighted by atomic mass is 10.0. The Kier molecular flexibility index (Phi) is 6.14. The molecule has 0 aliphatic carbocycles. The number of nitrogens with zero attached hydrogens (tertiary/aromatic N) is 1. The van der Waals surface area contributed by atoms with Crippen molar-refractivity contribution in [2.45, 2.75) is 39.2 Å². The number of amides is 1. The molecule has 7 nitrogen and oxygen atoms in total. The summed E-state index contributed by atoms with van der Waals surface area (Å²) in [6.45, 7) is 4.05. The fourth-order valence-corrected chi connectivity index (χ4v) is 2.71. The largest absolute Gasteiger partial charge is 0.481 e. The van der Waals surface area contributed by atoms with Crippen molar-refractivity contribution in [3.63, 3.8) is 0 Å². The van der Waals surface area contributed by atoms with Crippen LogP contribution in [0.15, 0.2) is 18.2 Å². The Morgan fingerprint density at radius 3 is 2.60 bits per heavy atom. The van der Waals surface area contributed by atoms with Crippen molar-refractivity contribution >= 4 is 23.3 Å². The van der Waals surface area contributed by atoms with E-state index in [0.717, 1.165) is 0 Å². The van der Waals surface area contributed by atoms with Crippen molar-refractivity contribution in [2.75, 3.05) is 18.1 Å². The molecule has 1 aromatic carbocycles. The minimum absolute atomic E-state index is 0.0193. The third-order valence-electron chi connectivity index (χ3n) is 4.05. The lowest BCUT2D eigenvalue weighted by Crippen LogP contribution is -2.48. The van der Waals surface area contributed by atoms with Crippen LogP contribution >= 0.6 is 0 Å². The summed E-state index contributed by atoms with van der Waals surface area (Å²) in [4.78, 5) is 37.0. The van der Waals surface area contributed by atoms with E-state index in [1.165, 1.54) is 4.90 Å². The summed E-state index contributed by atoms with van der Waals surface area (Å²) >= 11 is 0. The highest BCUT2D eigenvalue weighted by atomic mass is 16.5. The highest BCUT2D eigenvalue weighted by Crippen LogP contribution is 2.36. The number of ketones is 1. The predicted octanol–water partition coefficient (Wildman–Crippen LogP) is 1.87. The lowest BCUT2D eigenvalue weighted by Gasteiger charge is -2.36. The van der Waals surface area contributed by atoms with Crippen LogP contribution in [0.2, 0.25) is 0 Å². The number of aliphatic hydroxyl groups excluding tert-OH is 1. The van der Waals surface area contributed by atoms with Crippen LogP contribution in [0.4, 0.5) is 5.69 Å². The molecule has 0 bridgehead atoms. The van der Waals surface area contributed by atoms with Crippen LogP contribution in [0.3, 0.4) is 0 Å². The number of rotatable bonds is 8. The number of carbonyl (C=O) groups excluding carboxylic acids is 2. The molecule has 0 saturated heterocycles. The second-order valence-corrected chi connectivity index (χ2v) is 6.35. The van der Waals surface area contributed by atoms with Gasteiger partial charge in [-0.3, -0.25) is 14.4 Å². The van der Waals surface area contributed by atoms with Gasteiger partial charge in [-0.2, -0.15) is 0 Å². The predicted molar refractivity (Wildman–Crippen MR) is 91.0 cm³/mol. The van der Waals surface area contributed by atoms with Gasteiger partial charge in [0.25, 0.3) is 5.91 Å². The molecule has 2 N–H and O–H groups in total. The van der Waals surface area contributed by atoms with Gasteiger partial charge in [-0.15, -0.1) is 0 Å². The van der Waals surface area contributed by atoms with Gasteiger partial charge < -0.3 is 19.8 Å². The number of hydrogen-bond acceptors (Lipinski definition) is 5. The normalized spacial score (nSPS) is 16.6. The van der Waals surface area contributed by atoms with Crippen LogP contribution in [0, 0.1) is 5.92 Å². The Morgan fingerprint density at radius 2 is 2.00 bits per heavy atom. The molecular weight excluding hydrogens is 326 g/mol. The van der Waals surface area contributed by atoms with Crippen molar-refractivity contribution in [1.29, 1.82) is 0 Å². The summed E-state index contributed by atoms with van der Waals surface area (Å²) in [7, 11) is 0. The van der Waals surface area contributed by atoms with Gasteiger partial charge in [-0.25, -0.2) is 0 Å². The van der Waals surface area contributed by atoms with E-state index in [-0.39, 0.29) is 37.1 Å². The van der Waals surface area contributed by atoms with Gasteiger partial charge in [-0.05, 0) is 30.5 Å². The summed E-state index contributed by atoms with van der Waals surface area (Å²) in [6, 6.07) is 4.78. The van der Waals surface area contributed by atoms with E-state index in [2.05, 4.69) is 0 Å². The maximum atomic E-state index is 12.7. The number of hydrogen-bond donors (Lipinski definition) is 2. The Morgan fingerprint density at radius 1 is 1.28 bits per heavy atom. The van der Waals surface area contributed by atoms with Gasteiger partial charge in [0, 0.05) is 25.1 Å². The topological polar surface area (TPSA) is 104 Å². The minimum atomic E-state index is -1.03. The van der Waals surface area contributed by atoms with Gasteiger partial charge in [-0.1, -0.05) is 13.8 Å². The summed E-state index contributed by atoms with van der Waals surface area (Å²) in [5.41, 5.74) is 0.824. The highest BCUT2D eigenvalue weighted by molar-refractivity contribution is 6.03. The first-order chi connectivity index (χ1) is 11.8. The number of aliphatic hydroxyl groups is 1. The van der Waals surface area contributed by atoms with E-state index < -0.39 is 12.1 Å². The van der Waals surface area contributed by atoms with Crippen LogP contribution in [-0.4, -0.2) is 47.1 Å². The van der Waals surface area contributed by atoms with Gasteiger partial charge >= 0.3 is 5.97 Å². The zero-order chi connectivity index (χ0) is 18.6. The number of carbonyl (C=O) groups is 3. The van der Waals surface area contributed by atoms with Crippen LogP contribution in [0.25, 0.3) is 0 Å². The van der Waals surface area contributed by atoms with E-state index in [9.17, 15) is 14.4 Å². The average Bonchev–Trinajstić information content (AvgIpc) is 2.57. The van der Waals surface area contributed by atoms with Crippen LogP contribution < -0.4 is 9.64 Å². The molecule has 0 saturated carbocycles. The molecule has 1 aliphatic heterocycles. The molecular formula is C18H23NO6. The third-order valence-corrected chi connectivity index (χ3v) is 4.05. The standard InChI is InChI=1S/C18H23NO6/c1-11(2)17-18(24)19(8-3-9-20)13-10-12(4-6-15(13)25-17)14(21)5-7-16(22)23/h4,6,10-11,17,20H,3,5,7-9H2,1-2H3,(H,22,23). The van der Waals surface area contributed by atoms with Gasteiger partial charge in [0.15, 0.2) is 11.9 Å². The maximum absolute atomic E-state index is 12.7. The first-order valence-corrected chi connectivity index (χ1v) is 8.33. The van der Waals surface area contributed by atoms with Crippen molar-refractivity contribution in [3.05, 3.63) is 23.8 Å². The SMILES string of the molecule is CC(C)C1Oc2ccc(C(=O)CCC(=O)O)cc2N(CCCO)C1=O. The van der Waals surface area contributed by atoms with Crippen molar-refractivity contribution in [1.82, 2.24) is 0 Å². The first-order valence-electron chi connectivity index (χ1n) is 8.33.